The molecule has 126 valence electrons. The molecule has 5 nitrogen and oxygen atoms in total. The minimum absolute atomic E-state index is 0.0703. The predicted molar refractivity (Wildman–Crippen MR) is 93.6 cm³/mol. The van der Waals surface area contributed by atoms with Gasteiger partial charge in [0.15, 0.2) is 11.5 Å². The van der Waals surface area contributed by atoms with Crippen LogP contribution >= 0.6 is 0 Å². The molecule has 2 aromatic carbocycles. The molecule has 0 bridgehead atoms. The van der Waals surface area contributed by atoms with E-state index in [9.17, 15) is 4.79 Å². The maximum Gasteiger partial charge on any atom is 0.247 e. The van der Waals surface area contributed by atoms with Crippen molar-refractivity contribution in [2.45, 2.75) is 25.4 Å². The molecule has 24 heavy (non-hydrogen) atoms. The van der Waals surface area contributed by atoms with Gasteiger partial charge < -0.3 is 20.1 Å². The molecular weight excluding hydrogens is 304 g/mol. The third-order valence-electron chi connectivity index (χ3n) is 4.51. The Hall–Kier alpha value is -2.53. The second-order valence-corrected chi connectivity index (χ2v) is 5.81. The van der Waals surface area contributed by atoms with Crippen molar-refractivity contribution in [1.82, 2.24) is 0 Å². The van der Waals surface area contributed by atoms with Crippen LogP contribution in [-0.4, -0.2) is 26.2 Å². The molecule has 0 radical (unpaired) electrons. The summed E-state index contributed by atoms with van der Waals surface area (Å²) in [5, 5.41) is 0. The van der Waals surface area contributed by atoms with Gasteiger partial charge in [0, 0.05) is 5.69 Å². The van der Waals surface area contributed by atoms with Crippen molar-refractivity contribution >= 4 is 11.6 Å². The molecule has 1 saturated heterocycles. The molecule has 0 aromatic heterocycles. The molecule has 1 aliphatic heterocycles. The van der Waals surface area contributed by atoms with Gasteiger partial charge in [0.05, 0.1) is 20.3 Å². The van der Waals surface area contributed by atoms with Crippen molar-refractivity contribution in [3.05, 3.63) is 53.6 Å². The number of benzene rings is 2. The number of ether oxygens (including phenoxy) is 2. The molecule has 1 fully saturated rings. The number of hydrogen-bond acceptors (Lipinski definition) is 4. The Morgan fingerprint density at radius 2 is 1.71 bits per heavy atom. The Balaban J connectivity index is 1.94. The number of carbonyl (C=O) groups is 1. The number of aryl methyl sites for hydroxylation is 1. The lowest BCUT2D eigenvalue weighted by atomic mass is 9.88. The van der Waals surface area contributed by atoms with Crippen molar-refractivity contribution in [2.75, 3.05) is 19.1 Å². The van der Waals surface area contributed by atoms with Crippen LogP contribution in [0.4, 0.5) is 5.69 Å². The van der Waals surface area contributed by atoms with E-state index in [2.05, 4.69) is 6.92 Å². The van der Waals surface area contributed by atoms with Crippen LogP contribution in [-0.2, 0) is 11.2 Å². The van der Waals surface area contributed by atoms with Crippen molar-refractivity contribution in [3.8, 4) is 11.5 Å². The zero-order valence-electron chi connectivity index (χ0n) is 14.2. The molecule has 0 saturated carbocycles. The summed E-state index contributed by atoms with van der Waals surface area (Å²) in [4.78, 5) is 14.1. The van der Waals surface area contributed by atoms with Crippen LogP contribution in [0.5, 0.6) is 11.5 Å². The smallest absolute Gasteiger partial charge is 0.247 e. The molecule has 2 aromatic rings. The molecule has 0 unspecified atom stereocenters. The Labute approximate surface area is 142 Å². The van der Waals surface area contributed by atoms with E-state index in [1.54, 1.807) is 19.1 Å². The Kier molecular flexibility index (Phi) is 4.44. The zero-order valence-corrected chi connectivity index (χ0v) is 14.2. The maximum absolute atomic E-state index is 12.3. The van der Waals surface area contributed by atoms with Gasteiger partial charge in [-0.2, -0.15) is 0 Å². The summed E-state index contributed by atoms with van der Waals surface area (Å²) in [5.41, 5.74) is 9.11. The van der Waals surface area contributed by atoms with Crippen LogP contribution < -0.4 is 20.1 Å². The minimum Gasteiger partial charge on any atom is -0.493 e. The van der Waals surface area contributed by atoms with E-state index in [0.717, 1.165) is 17.7 Å². The van der Waals surface area contributed by atoms with Crippen molar-refractivity contribution in [2.24, 2.45) is 5.73 Å². The summed E-state index contributed by atoms with van der Waals surface area (Å²) in [6.45, 7) is 2.10. The highest BCUT2D eigenvalue weighted by Gasteiger charge is 2.46. The van der Waals surface area contributed by atoms with Crippen LogP contribution in [0, 0.1) is 0 Å². The second kappa shape index (κ2) is 6.53. The lowest BCUT2D eigenvalue weighted by molar-refractivity contribution is -0.126. The van der Waals surface area contributed by atoms with Gasteiger partial charge in [-0.15, -0.1) is 0 Å². The highest BCUT2D eigenvalue weighted by molar-refractivity contribution is 6.05. The molecule has 3 rings (SSSR count). The van der Waals surface area contributed by atoms with E-state index in [1.165, 1.54) is 5.56 Å². The van der Waals surface area contributed by atoms with Gasteiger partial charge in [0.25, 0.3) is 0 Å². The van der Waals surface area contributed by atoms with Crippen LogP contribution in [0.2, 0.25) is 0 Å². The minimum atomic E-state index is -0.547. The summed E-state index contributed by atoms with van der Waals surface area (Å²) in [6.07, 6.45) is 0.965. The number of rotatable bonds is 5. The van der Waals surface area contributed by atoms with Gasteiger partial charge in [0.1, 0.15) is 6.04 Å². The standard InChI is InChI=1S/C19H22N2O3/c1-4-12-5-8-14(9-6-12)21-18(17(20)19(21)22)13-7-10-15(23-2)16(11-13)24-3/h5-11,17-18H,4,20H2,1-3H3/t17-,18+/m0/s1. The van der Waals surface area contributed by atoms with Crippen LogP contribution in [0.1, 0.15) is 24.1 Å². The van der Waals surface area contributed by atoms with E-state index in [-0.39, 0.29) is 11.9 Å². The Morgan fingerprint density at radius 1 is 1.04 bits per heavy atom. The Bertz CT molecular complexity index is 743. The molecular formula is C19H22N2O3. The summed E-state index contributed by atoms with van der Waals surface area (Å²) in [6, 6.07) is 12.9. The van der Waals surface area contributed by atoms with Gasteiger partial charge in [0.2, 0.25) is 5.91 Å². The van der Waals surface area contributed by atoms with Gasteiger partial charge in [-0.05, 0) is 41.8 Å². The number of carbonyl (C=O) groups excluding carboxylic acids is 1. The summed E-state index contributed by atoms with van der Waals surface area (Å²) in [7, 11) is 3.19. The third-order valence-corrected chi connectivity index (χ3v) is 4.51. The lowest BCUT2D eigenvalue weighted by Gasteiger charge is -2.45. The fraction of sp³-hybridized carbons (Fsp3) is 0.316. The quantitative estimate of drug-likeness (QED) is 0.858. The monoisotopic (exact) mass is 326 g/mol. The van der Waals surface area contributed by atoms with Crippen molar-refractivity contribution < 1.29 is 14.3 Å². The first-order valence-electron chi connectivity index (χ1n) is 8.00. The van der Waals surface area contributed by atoms with Crippen molar-refractivity contribution in [1.29, 1.82) is 0 Å². The van der Waals surface area contributed by atoms with Gasteiger partial charge >= 0.3 is 0 Å². The maximum atomic E-state index is 12.3. The zero-order chi connectivity index (χ0) is 17.3. The van der Waals surface area contributed by atoms with E-state index >= 15 is 0 Å². The number of β-lactam (4-membered cyclic amide) rings is 1. The van der Waals surface area contributed by atoms with Crippen LogP contribution in [0.15, 0.2) is 42.5 Å². The number of nitrogens with two attached hydrogens (primary N) is 1. The molecule has 1 aliphatic rings. The number of nitrogens with zero attached hydrogens (tertiary/aromatic N) is 1. The van der Waals surface area contributed by atoms with Crippen LogP contribution in [0.25, 0.3) is 0 Å². The molecule has 1 heterocycles. The molecule has 0 spiro atoms. The fourth-order valence-corrected chi connectivity index (χ4v) is 3.08. The molecule has 2 atom stereocenters. The second-order valence-electron chi connectivity index (χ2n) is 5.81. The largest absolute Gasteiger partial charge is 0.493 e. The fourth-order valence-electron chi connectivity index (χ4n) is 3.08. The SMILES string of the molecule is CCc1ccc(N2C(=O)[C@@H](N)[C@H]2c2ccc(OC)c(OC)c2)cc1. The summed E-state index contributed by atoms with van der Waals surface area (Å²) >= 11 is 0. The third kappa shape index (κ3) is 2.61. The van der Waals surface area contributed by atoms with Gasteiger partial charge in [-0.1, -0.05) is 25.1 Å². The average molecular weight is 326 g/mol. The van der Waals surface area contributed by atoms with E-state index in [0.29, 0.717) is 11.5 Å². The van der Waals surface area contributed by atoms with E-state index in [4.69, 9.17) is 15.2 Å². The van der Waals surface area contributed by atoms with Crippen molar-refractivity contribution in [3.63, 3.8) is 0 Å². The van der Waals surface area contributed by atoms with Gasteiger partial charge in [-0.25, -0.2) is 0 Å². The summed E-state index contributed by atoms with van der Waals surface area (Å²) < 4.78 is 10.6. The number of anilines is 1. The molecule has 0 aliphatic carbocycles. The van der Waals surface area contributed by atoms with E-state index < -0.39 is 6.04 Å². The normalized spacial score (nSPS) is 19.8. The number of amides is 1. The Morgan fingerprint density at radius 3 is 2.29 bits per heavy atom. The predicted octanol–water partition coefficient (Wildman–Crippen LogP) is 2.68. The first kappa shape index (κ1) is 16.3. The molecule has 5 heteroatoms. The average Bonchev–Trinajstić information content (AvgIpc) is 2.64. The molecule has 1 amide bonds. The highest BCUT2D eigenvalue weighted by Crippen LogP contribution is 2.40. The molecule has 2 N–H and O–H groups in total. The van der Waals surface area contributed by atoms with Crippen LogP contribution in [0.3, 0.4) is 0 Å². The number of methoxy groups -OCH3 is 2. The first-order chi connectivity index (χ1) is 11.6. The summed E-state index contributed by atoms with van der Waals surface area (Å²) in [5.74, 6) is 1.21. The highest BCUT2D eigenvalue weighted by atomic mass is 16.5. The van der Waals surface area contributed by atoms with Gasteiger partial charge in [-0.3, -0.25) is 4.79 Å². The van der Waals surface area contributed by atoms with E-state index in [1.807, 2.05) is 42.5 Å². The topological polar surface area (TPSA) is 64.8 Å². The lowest BCUT2D eigenvalue weighted by Crippen LogP contribution is -2.63. The number of hydrogen-bond donors (Lipinski definition) is 1. The first-order valence-corrected chi connectivity index (χ1v) is 8.00.